The minimum atomic E-state index is -0.676. The van der Waals surface area contributed by atoms with Gasteiger partial charge in [-0.05, 0) is 39.2 Å². The lowest BCUT2D eigenvalue weighted by molar-refractivity contribution is -0.123. The number of hydrogen-bond acceptors (Lipinski definition) is 6. The van der Waals surface area contributed by atoms with Crippen LogP contribution in [0.4, 0.5) is 5.82 Å². The van der Waals surface area contributed by atoms with E-state index in [1.165, 1.54) is 4.68 Å². The fourth-order valence-corrected chi connectivity index (χ4v) is 4.12. The molecule has 0 aromatic carbocycles. The molecule has 0 saturated heterocycles. The number of ether oxygens (including phenoxy) is 1. The van der Waals surface area contributed by atoms with Gasteiger partial charge in [-0.3, -0.25) is 19.4 Å². The fraction of sp³-hybridized carbons (Fsp3) is 0.571. The Morgan fingerprint density at radius 3 is 2.90 bits per heavy atom. The van der Waals surface area contributed by atoms with E-state index in [1.807, 2.05) is 13.8 Å². The lowest BCUT2D eigenvalue weighted by Gasteiger charge is -2.21. The van der Waals surface area contributed by atoms with Gasteiger partial charge in [-0.15, -0.1) is 0 Å². The Balaban J connectivity index is 1.64. The van der Waals surface area contributed by atoms with Gasteiger partial charge in [0.1, 0.15) is 5.69 Å². The molecule has 2 atom stereocenters. The minimum Gasteiger partial charge on any atom is -0.378 e. The lowest BCUT2D eigenvalue weighted by atomic mass is 9.82. The molecule has 31 heavy (non-hydrogen) atoms. The number of carbonyl (C=O) groups excluding carboxylic acids is 2. The van der Waals surface area contributed by atoms with Crippen molar-refractivity contribution in [1.29, 1.82) is 5.26 Å². The van der Waals surface area contributed by atoms with Gasteiger partial charge in [-0.25, -0.2) is 0 Å². The molecular weight excluding hydrogens is 398 g/mol. The summed E-state index contributed by atoms with van der Waals surface area (Å²) in [4.78, 5) is 24.8. The monoisotopic (exact) mass is 427 g/mol. The minimum absolute atomic E-state index is 0.0456. The van der Waals surface area contributed by atoms with Gasteiger partial charge >= 0.3 is 0 Å². The third-order valence-corrected chi connectivity index (χ3v) is 5.53. The molecule has 0 bridgehead atoms. The van der Waals surface area contributed by atoms with Crippen molar-refractivity contribution in [2.45, 2.75) is 58.1 Å². The largest absolute Gasteiger partial charge is 0.378 e. The average molecular weight is 428 g/mol. The second kappa shape index (κ2) is 9.31. The van der Waals surface area contributed by atoms with Crippen molar-refractivity contribution in [3.8, 4) is 6.07 Å². The number of amides is 2. The molecule has 166 valence electrons. The van der Waals surface area contributed by atoms with Gasteiger partial charge in [-0.2, -0.15) is 15.5 Å². The van der Waals surface area contributed by atoms with Crippen LogP contribution in [0, 0.1) is 16.7 Å². The summed E-state index contributed by atoms with van der Waals surface area (Å²) in [6.07, 6.45) is 2.20. The molecule has 0 unspecified atom stereocenters. The Hall–Kier alpha value is -3.19. The van der Waals surface area contributed by atoms with Crippen LogP contribution in [0.25, 0.3) is 0 Å². The molecule has 2 aromatic rings. The van der Waals surface area contributed by atoms with Crippen molar-refractivity contribution in [2.24, 2.45) is 12.5 Å². The SMILES string of the molecule is COCc1cc(C(=O)Nc2cc([C@@H]3CC[C@](C#N)(CC(=O)NC(C)C)C3)[nH]n2)n(C)n1. The Kier molecular flexibility index (Phi) is 6.75. The van der Waals surface area contributed by atoms with Crippen LogP contribution in [0.3, 0.4) is 0 Å². The summed E-state index contributed by atoms with van der Waals surface area (Å²) in [5.74, 6) is 0.0634. The maximum Gasteiger partial charge on any atom is 0.275 e. The van der Waals surface area contributed by atoms with Crippen LogP contribution in [-0.4, -0.2) is 44.9 Å². The lowest BCUT2D eigenvalue weighted by Crippen LogP contribution is -2.34. The molecule has 3 N–H and O–H groups in total. The number of rotatable bonds is 8. The van der Waals surface area contributed by atoms with Crippen LogP contribution >= 0.6 is 0 Å². The predicted molar refractivity (Wildman–Crippen MR) is 113 cm³/mol. The summed E-state index contributed by atoms with van der Waals surface area (Å²) in [5.41, 5.74) is 1.24. The number of nitrogens with one attached hydrogen (secondary N) is 3. The van der Waals surface area contributed by atoms with Gasteiger partial charge in [0.2, 0.25) is 5.91 Å². The molecule has 2 amide bonds. The van der Waals surface area contributed by atoms with E-state index in [4.69, 9.17) is 4.74 Å². The summed E-state index contributed by atoms with van der Waals surface area (Å²) in [6, 6.07) is 5.88. The summed E-state index contributed by atoms with van der Waals surface area (Å²) < 4.78 is 6.55. The van der Waals surface area contributed by atoms with Crippen LogP contribution in [0.5, 0.6) is 0 Å². The maximum absolute atomic E-state index is 12.6. The van der Waals surface area contributed by atoms with E-state index in [0.29, 0.717) is 36.7 Å². The van der Waals surface area contributed by atoms with Gasteiger partial charge in [0, 0.05) is 44.3 Å². The van der Waals surface area contributed by atoms with Gasteiger partial charge in [-0.1, -0.05) is 0 Å². The molecule has 1 saturated carbocycles. The number of carbonyl (C=O) groups is 2. The number of methoxy groups -OCH3 is 1. The zero-order chi connectivity index (χ0) is 22.6. The first-order valence-electron chi connectivity index (χ1n) is 10.3. The predicted octanol–water partition coefficient (Wildman–Crippen LogP) is 2.23. The second-order valence-corrected chi connectivity index (χ2v) is 8.47. The highest BCUT2D eigenvalue weighted by molar-refractivity contribution is 6.02. The Morgan fingerprint density at radius 1 is 1.45 bits per heavy atom. The first-order valence-corrected chi connectivity index (χ1v) is 10.3. The van der Waals surface area contributed by atoms with E-state index in [1.54, 1.807) is 26.3 Å². The van der Waals surface area contributed by atoms with E-state index in [-0.39, 0.29) is 30.2 Å². The van der Waals surface area contributed by atoms with Gasteiger partial charge in [0.05, 0.1) is 23.8 Å². The molecule has 0 spiro atoms. The zero-order valence-electron chi connectivity index (χ0n) is 18.4. The number of anilines is 1. The molecule has 3 rings (SSSR count). The van der Waals surface area contributed by atoms with E-state index in [0.717, 1.165) is 12.1 Å². The standard InChI is InChI=1S/C21H29N7O3/c1-13(2)23-19(29)10-21(12-22)6-5-14(9-21)16-8-18(26-25-16)24-20(30)17-7-15(11-31-4)27-28(17)3/h7-8,13-14H,5-6,9-11H2,1-4H3,(H,23,29)(H2,24,25,26,30)/t14-,21-/m1/s1. The first-order chi connectivity index (χ1) is 14.7. The highest BCUT2D eigenvalue weighted by Gasteiger charge is 2.42. The molecule has 0 aliphatic heterocycles. The molecule has 1 aliphatic carbocycles. The van der Waals surface area contributed by atoms with E-state index in [2.05, 4.69) is 32.0 Å². The van der Waals surface area contributed by atoms with Crippen molar-refractivity contribution in [1.82, 2.24) is 25.3 Å². The normalized spacial score (nSPS) is 20.6. The molecule has 10 heteroatoms. The van der Waals surface area contributed by atoms with E-state index in [9.17, 15) is 14.9 Å². The van der Waals surface area contributed by atoms with Crippen LogP contribution in [0.1, 0.15) is 67.3 Å². The van der Waals surface area contributed by atoms with Crippen molar-refractivity contribution in [3.63, 3.8) is 0 Å². The van der Waals surface area contributed by atoms with Crippen molar-refractivity contribution >= 4 is 17.6 Å². The summed E-state index contributed by atoms with van der Waals surface area (Å²) in [7, 11) is 3.26. The molecule has 1 fully saturated rings. The average Bonchev–Trinajstić information content (AvgIpc) is 3.40. The van der Waals surface area contributed by atoms with Crippen molar-refractivity contribution in [3.05, 3.63) is 29.2 Å². The van der Waals surface area contributed by atoms with Crippen LogP contribution in [0.2, 0.25) is 0 Å². The summed E-state index contributed by atoms with van der Waals surface area (Å²) >= 11 is 0. The third kappa shape index (κ3) is 5.30. The molecule has 10 nitrogen and oxygen atoms in total. The van der Waals surface area contributed by atoms with E-state index >= 15 is 0 Å². The highest BCUT2D eigenvalue weighted by atomic mass is 16.5. The molecule has 2 aromatic heterocycles. The summed E-state index contributed by atoms with van der Waals surface area (Å²) in [5, 5.41) is 26.8. The Morgan fingerprint density at radius 2 is 2.23 bits per heavy atom. The summed E-state index contributed by atoms with van der Waals surface area (Å²) in [6.45, 7) is 4.13. The van der Waals surface area contributed by atoms with Crippen LogP contribution in [-0.2, 0) is 23.2 Å². The zero-order valence-corrected chi connectivity index (χ0v) is 18.4. The number of nitrogens with zero attached hydrogens (tertiary/aromatic N) is 4. The highest BCUT2D eigenvalue weighted by Crippen LogP contribution is 2.48. The quantitative estimate of drug-likeness (QED) is 0.591. The van der Waals surface area contributed by atoms with Crippen LogP contribution < -0.4 is 10.6 Å². The van der Waals surface area contributed by atoms with Crippen molar-refractivity contribution in [2.75, 3.05) is 12.4 Å². The van der Waals surface area contributed by atoms with Gasteiger partial charge in [0.25, 0.3) is 5.91 Å². The number of nitriles is 1. The van der Waals surface area contributed by atoms with Gasteiger partial charge in [0.15, 0.2) is 5.82 Å². The molecule has 1 aliphatic rings. The molecular formula is C21H29N7O3. The Bertz CT molecular complexity index is 988. The van der Waals surface area contributed by atoms with Gasteiger partial charge < -0.3 is 15.4 Å². The first kappa shape index (κ1) is 22.5. The maximum atomic E-state index is 12.6. The van der Waals surface area contributed by atoms with E-state index < -0.39 is 5.41 Å². The number of hydrogen-bond donors (Lipinski definition) is 3. The molecule has 0 radical (unpaired) electrons. The Labute approximate surface area is 181 Å². The third-order valence-electron chi connectivity index (χ3n) is 5.53. The number of aromatic amines is 1. The second-order valence-electron chi connectivity index (χ2n) is 8.47. The smallest absolute Gasteiger partial charge is 0.275 e. The van der Waals surface area contributed by atoms with Crippen molar-refractivity contribution < 1.29 is 14.3 Å². The molecule has 2 heterocycles. The van der Waals surface area contributed by atoms with Crippen LogP contribution in [0.15, 0.2) is 12.1 Å². The topological polar surface area (TPSA) is 138 Å². The fourth-order valence-electron chi connectivity index (χ4n) is 4.12. The number of aromatic nitrogens is 4. The number of H-pyrrole nitrogens is 1. The number of aryl methyl sites for hydroxylation is 1.